The maximum absolute atomic E-state index is 12.8. The van der Waals surface area contributed by atoms with Gasteiger partial charge in [-0.1, -0.05) is 0 Å². The third-order valence-electron chi connectivity index (χ3n) is 2.71. The molecule has 1 fully saturated rings. The minimum absolute atomic E-state index is 0.00341. The van der Waals surface area contributed by atoms with E-state index in [2.05, 4.69) is 20.1 Å². The number of amides is 2. The Morgan fingerprint density at radius 2 is 2.00 bits per heavy atom. The number of fused-ring (bicyclic) bond motifs is 1. The molecule has 6 nitrogen and oxygen atoms in total. The van der Waals surface area contributed by atoms with E-state index in [4.69, 9.17) is 0 Å². The number of carbonyl (C=O) groups excluding carboxylic acids is 2. The number of benzene rings is 1. The normalized spacial score (nSPS) is 23.4. The van der Waals surface area contributed by atoms with Crippen LogP contribution in [0, 0.1) is 0 Å². The van der Waals surface area contributed by atoms with Crippen molar-refractivity contribution in [2.75, 3.05) is 5.32 Å². The van der Waals surface area contributed by atoms with Gasteiger partial charge in [0, 0.05) is 11.8 Å². The maximum atomic E-state index is 12.8. The third kappa shape index (κ3) is 2.16. The molecule has 0 aromatic heterocycles. The van der Waals surface area contributed by atoms with E-state index < -0.39 is 18.2 Å². The Hall–Kier alpha value is -2.38. The number of hydrogen-bond donors (Lipinski definition) is 2. The van der Waals surface area contributed by atoms with E-state index >= 15 is 0 Å². The highest BCUT2D eigenvalue weighted by molar-refractivity contribution is 6.06. The molecule has 1 saturated heterocycles. The van der Waals surface area contributed by atoms with E-state index in [1.54, 1.807) is 0 Å². The summed E-state index contributed by atoms with van der Waals surface area (Å²) >= 11 is 0. The van der Waals surface area contributed by atoms with Gasteiger partial charge in [0.1, 0.15) is 6.04 Å². The Kier molecular flexibility index (Phi) is 2.34. The molecule has 0 saturated carbocycles. The summed E-state index contributed by atoms with van der Waals surface area (Å²) in [4.78, 5) is 22.4. The molecule has 1 unspecified atom stereocenters. The van der Waals surface area contributed by atoms with Gasteiger partial charge in [0.15, 0.2) is 11.5 Å². The number of hydrogen-bond acceptors (Lipinski definition) is 5. The van der Waals surface area contributed by atoms with Gasteiger partial charge in [-0.15, -0.1) is 8.78 Å². The van der Waals surface area contributed by atoms with Gasteiger partial charge in [-0.25, -0.2) is 0 Å². The van der Waals surface area contributed by atoms with E-state index in [0.717, 1.165) is 0 Å². The van der Waals surface area contributed by atoms with Crippen molar-refractivity contribution in [2.45, 2.75) is 18.8 Å². The summed E-state index contributed by atoms with van der Waals surface area (Å²) in [5.74, 6) is -1.04. The second-order valence-electron chi connectivity index (χ2n) is 4.14. The molecule has 2 amide bonds. The van der Waals surface area contributed by atoms with Crippen molar-refractivity contribution in [1.29, 1.82) is 0 Å². The monoisotopic (exact) mass is 270 g/mol. The molecule has 2 N–H and O–H groups in total. The lowest BCUT2D eigenvalue weighted by Gasteiger charge is -2.10. The second-order valence-corrected chi connectivity index (χ2v) is 4.14. The Labute approximate surface area is 105 Å². The summed E-state index contributed by atoms with van der Waals surface area (Å²) in [7, 11) is 0. The van der Waals surface area contributed by atoms with Gasteiger partial charge in [0.25, 0.3) is 0 Å². The molecule has 2 heterocycles. The minimum atomic E-state index is -3.68. The molecule has 2 aliphatic heterocycles. The van der Waals surface area contributed by atoms with Gasteiger partial charge in [0.05, 0.1) is 6.42 Å². The summed E-state index contributed by atoms with van der Waals surface area (Å²) in [6, 6.07) is 3.33. The average Bonchev–Trinajstić information content (AvgIpc) is 2.76. The van der Waals surface area contributed by atoms with Crippen LogP contribution in [0.2, 0.25) is 0 Å². The van der Waals surface area contributed by atoms with Crippen molar-refractivity contribution in [1.82, 2.24) is 5.32 Å². The van der Waals surface area contributed by atoms with E-state index in [1.807, 2.05) is 0 Å². The summed E-state index contributed by atoms with van der Waals surface area (Å²) < 4.78 is 34.2. The van der Waals surface area contributed by atoms with E-state index in [0.29, 0.717) is 5.69 Å². The number of ether oxygens (including phenoxy) is 2. The van der Waals surface area contributed by atoms with Crippen molar-refractivity contribution >= 4 is 17.5 Å². The van der Waals surface area contributed by atoms with Crippen LogP contribution in [0.4, 0.5) is 14.5 Å². The van der Waals surface area contributed by atoms with E-state index in [9.17, 15) is 18.4 Å². The van der Waals surface area contributed by atoms with Crippen LogP contribution in [0.25, 0.3) is 0 Å². The largest absolute Gasteiger partial charge is 0.586 e. The summed E-state index contributed by atoms with van der Waals surface area (Å²) in [5.41, 5.74) is 0.384. The van der Waals surface area contributed by atoms with Crippen LogP contribution in [0.1, 0.15) is 6.42 Å². The van der Waals surface area contributed by atoms with Crippen LogP contribution in [-0.2, 0) is 9.59 Å². The lowest BCUT2D eigenvalue weighted by atomic mass is 10.2. The van der Waals surface area contributed by atoms with Crippen molar-refractivity contribution in [3.63, 3.8) is 0 Å². The van der Waals surface area contributed by atoms with Crippen LogP contribution >= 0.6 is 0 Å². The highest BCUT2D eigenvalue weighted by Crippen LogP contribution is 2.42. The molecule has 19 heavy (non-hydrogen) atoms. The minimum Gasteiger partial charge on any atom is -0.395 e. The molecule has 0 aliphatic carbocycles. The van der Waals surface area contributed by atoms with Crippen LogP contribution in [0.5, 0.6) is 11.5 Å². The molecule has 1 aromatic carbocycles. The number of halogens is 2. The topological polar surface area (TPSA) is 76.7 Å². The molecule has 0 bridgehead atoms. The van der Waals surface area contributed by atoms with Crippen molar-refractivity contribution in [3.05, 3.63) is 18.2 Å². The summed E-state index contributed by atoms with van der Waals surface area (Å²) in [5, 5.41) is 4.90. The summed E-state index contributed by atoms with van der Waals surface area (Å²) in [6.45, 7) is 0. The van der Waals surface area contributed by atoms with Crippen LogP contribution in [0.15, 0.2) is 18.2 Å². The highest BCUT2D eigenvalue weighted by Gasteiger charge is 2.43. The molecular weight excluding hydrogens is 262 g/mol. The quantitative estimate of drug-likeness (QED) is 0.779. The van der Waals surface area contributed by atoms with E-state index in [-0.39, 0.29) is 23.8 Å². The smallest absolute Gasteiger partial charge is 0.395 e. The van der Waals surface area contributed by atoms with Gasteiger partial charge in [-0.05, 0) is 12.1 Å². The van der Waals surface area contributed by atoms with Gasteiger partial charge in [-0.2, -0.15) is 0 Å². The molecule has 1 atom stereocenters. The Bertz CT molecular complexity index is 576. The van der Waals surface area contributed by atoms with Crippen molar-refractivity contribution in [2.24, 2.45) is 0 Å². The van der Waals surface area contributed by atoms with Crippen molar-refractivity contribution < 1.29 is 27.8 Å². The third-order valence-corrected chi connectivity index (χ3v) is 2.71. The Morgan fingerprint density at radius 1 is 1.26 bits per heavy atom. The first-order valence-corrected chi connectivity index (χ1v) is 5.43. The van der Waals surface area contributed by atoms with Crippen molar-refractivity contribution in [3.8, 4) is 11.5 Å². The highest BCUT2D eigenvalue weighted by atomic mass is 19.3. The fourth-order valence-corrected chi connectivity index (χ4v) is 1.91. The molecule has 8 heteroatoms. The SMILES string of the molecule is O=C1CC(Nc2ccc3c(c2)OC(F)(F)O3)C(=O)N1. The molecule has 0 radical (unpaired) electrons. The van der Waals surface area contributed by atoms with Gasteiger partial charge in [-0.3, -0.25) is 14.9 Å². The first-order valence-electron chi connectivity index (χ1n) is 5.43. The predicted molar refractivity (Wildman–Crippen MR) is 57.8 cm³/mol. The zero-order valence-electron chi connectivity index (χ0n) is 9.41. The molecule has 100 valence electrons. The zero-order chi connectivity index (χ0) is 13.6. The second kappa shape index (κ2) is 3.81. The molecular formula is C11H8F2N2O4. The maximum Gasteiger partial charge on any atom is 0.586 e. The van der Waals surface area contributed by atoms with Crippen LogP contribution in [-0.4, -0.2) is 24.2 Å². The Morgan fingerprint density at radius 3 is 2.68 bits per heavy atom. The van der Waals surface area contributed by atoms with Gasteiger partial charge >= 0.3 is 6.29 Å². The zero-order valence-corrected chi connectivity index (χ0v) is 9.41. The van der Waals surface area contributed by atoms with E-state index in [1.165, 1.54) is 18.2 Å². The lowest BCUT2D eigenvalue weighted by molar-refractivity contribution is -0.286. The van der Waals surface area contributed by atoms with Gasteiger partial charge in [0.2, 0.25) is 11.8 Å². The fourth-order valence-electron chi connectivity index (χ4n) is 1.91. The first-order chi connectivity index (χ1) is 8.93. The number of rotatable bonds is 2. The predicted octanol–water partition coefficient (Wildman–Crippen LogP) is 0.835. The van der Waals surface area contributed by atoms with Crippen LogP contribution in [0.3, 0.4) is 0 Å². The molecule has 2 aliphatic rings. The fraction of sp³-hybridized carbons (Fsp3) is 0.273. The summed E-state index contributed by atoms with van der Waals surface area (Å²) in [6.07, 6.45) is -3.68. The van der Waals surface area contributed by atoms with Crippen LogP contribution < -0.4 is 20.1 Å². The number of nitrogens with one attached hydrogen (secondary N) is 2. The lowest BCUT2D eigenvalue weighted by Crippen LogP contribution is -2.29. The number of imide groups is 1. The number of carbonyl (C=O) groups is 2. The average molecular weight is 270 g/mol. The first kappa shape index (κ1) is 11.7. The standard InChI is InChI=1S/C11H8F2N2O4/c12-11(13)18-7-2-1-5(3-8(7)19-11)14-6-4-9(16)15-10(6)17/h1-3,6,14H,4H2,(H,15,16,17). The Balaban J connectivity index is 1.78. The van der Waals surface area contributed by atoms with Gasteiger partial charge < -0.3 is 14.8 Å². The number of alkyl halides is 2. The molecule has 1 aromatic rings. The number of anilines is 1. The molecule has 3 rings (SSSR count). The molecule has 0 spiro atoms.